The zero-order chi connectivity index (χ0) is 18.1. The minimum atomic E-state index is 0. The number of nitrogens with zero attached hydrogens (tertiary/aromatic N) is 4. The van der Waals surface area contributed by atoms with E-state index in [-0.39, 0.29) is 21.1 Å². The summed E-state index contributed by atoms with van der Waals surface area (Å²) in [4.78, 5) is 7.99. The molecule has 2 aromatic carbocycles. The van der Waals surface area contributed by atoms with Crippen molar-refractivity contribution >= 4 is 11.4 Å². The quantitative estimate of drug-likeness (QED) is 0.545. The molecular weight excluding hydrogens is 519 g/mol. The molecular formula is C21H20N4OPt. The van der Waals surface area contributed by atoms with Crippen molar-refractivity contribution in [3.8, 4) is 11.5 Å². The van der Waals surface area contributed by atoms with Gasteiger partial charge in [0.05, 0.1) is 0 Å². The average Bonchev–Trinajstić information content (AvgIpc) is 3.23. The van der Waals surface area contributed by atoms with Gasteiger partial charge in [-0.1, -0.05) is 6.92 Å². The fourth-order valence-electron chi connectivity index (χ4n) is 2.81. The first kappa shape index (κ1) is 19.4. The minimum Gasteiger partial charge on any atom is -0.510 e. The second kappa shape index (κ2) is 8.10. The van der Waals surface area contributed by atoms with Gasteiger partial charge in [-0.3, -0.25) is 0 Å². The zero-order valence-electron chi connectivity index (χ0n) is 15.4. The Morgan fingerprint density at radius 1 is 0.815 bits per heavy atom. The number of rotatable bonds is 4. The third-order valence-electron chi connectivity index (χ3n) is 4.04. The van der Waals surface area contributed by atoms with E-state index < -0.39 is 0 Å². The summed E-state index contributed by atoms with van der Waals surface area (Å²) in [7, 11) is 3.98. The van der Waals surface area contributed by atoms with Crippen LogP contribution in [0.5, 0.6) is 11.5 Å². The van der Waals surface area contributed by atoms with Gasteiger partial charge in [-0.15, -0.1) is 47.8 Å². The van der Waals surface area contributed by atoms with Crippen molar-refractivity contribution in [3.63, 3.8) is 0 Å². The molecule has 2 aromatic rings. The molecule has 0 aromatic heterocycles. The molecule has 2 aliphatic heterocycles. The summed E-state index contributed by atoms with van der Waals surface area (Å²) in [5.41, 5.74) is 2.97. The number of hydrogen-bond donors (Lipinski definition) is 0. The van der Waals surface area contributed by atoms with E-state index >= 15 is 0 Å². The Morgan fingerprint density at radius 2 is 1.44 bits per heavy atom. The number of aryl methyl sites for hydroxylation is 1. The number of ether oxygens (including phenoxy) is 1. The van der Waals surface area contributed by atoms with Gasteiger partial charge in [-0.2, -0.15) is 25.0 Å². The number of benzene rings is 2. The molecule has 0 spiro atoms. The van der Waals surface area contributed by atoms with Gasteiger partial charge in [0.25, 0.3) is 0 Å². The SMILES string of the molecule is Cc1cc(Oc2[c-]c(N3C=CN(C)[CH-]3)ccc2)[c-]c(N2C=CN(C)[CH-]2)c1.[Pt+4]. The number of hydrogen-bond acceptors (Lipinski definition) is 5. The Labute approximate surface area is 175 Å². The second-order valence-electron chi connectivity index (χ2n) is 6.38. The maximum Gasteiger partial charge on any atom is 4.00 e. The van der Waals surface area contributed by atoms with E-state index in [0.29, 0.717) is 11.5 Å². The molecule has 0 fully saturated rings. The molecule has 0 radical (unpaired) electrons. The van der Waals surface area contributed by atoms with Crippen LogP contribution in [0, 0.1) is 32.4 Å². The van der Waals surface area contributed by atoms with Crippen LogP contribution < -0.4 is 14.5 Å². The molecule has 2 aliphatic rings. The maximum absolute atomic E-state index is 6.05. The van der Waals surface area contributed by atoms with Gasteiger partial charge < -0.3 is 24.3 Å². The van der Waals surface area contributed by atoms with Crippen LogP contribution in [0.4, 0.5) is 11.4 Å². The summed E-state index contributed by atoms with van der Waals surface area (Å²) in [6, 6.07) is 16.5. The van der Waals surface area contributed by atoms with Crippen molar-refractivity contribution in [2.24, 2.45) is 0 Å². The monoisotopic (exact) mass is 539 g/mol. The summed E-state index contributed by atoms with van der Waals surface area (Å²) in [6.45, 7) is 6.03. The van der Waals surface area contributed by atoms with Crippen LogP contribution in [0.1, 0.15) is 5.56 Å². The van der Waals surface area contributed by atoms with Gasteiger partial charge in [0.2, 0.25) is 0 Å². The molecule has 6 heteroatoms. The Balaban J connectivity index is 0.00000210. The van der Waals surface area contributed by atoms with Gasteiger partial charge in [0.15, 0.2) is 0 Å². The van der Waals surface area contributed by atoms with Crippen LogP contribution in [0.2, 0.25) is 0 Å². The fourth-order valence-corrected chi connectivity index (χ4v) is 2.81. The molecule has 0 saturated heterocycles. The molecule has 4 rings (SSSR count). The minimum absolute atomic E-state index is 0. The molecule has 0 N–H and O–H groups in total. The average molecular weight is 539 g/mol. The van der Waals surface area contributed by atoms with Crippen molar-refractivity contribution in [3.05, 3.63) is 86.2 Å². The molecule has 0 unspecified atom stereocenters. The molecule has 0 atom stereocenters. The van der Waals surface area contributed by atoms with Crippen molar-refractivity contribution in [2.75, 3.05) is 23.9 Å². The van der Waals surface area contributed by atoms with E-state index in [9.17, 15) is 0 Å². The van der Waals surface area contributed by atoms with Crippen molar-refractivity contribution < 1.29 is 25.8 Å². The largest absolute Gasteiger partial charge is 4.00 e. The standard InChI is InChI=1S/C21H20N4O.Pt/c1-17-11-19(25-10-8-23(3)16-25)14-21(12-17)26-20-6-4-5-18(13-20)24-9-7-22(2)15-24;/h4-12,15-16H,1-3H3;/q-4;+4. The summed E-state index contributed by atoms with van der Waals surface area (Å²) >= 11 is 0. The Hall–Kier alpha value is -2.39. The first-order valence-electron chi connectivity index (χ1n) is 8.38. The van der Waals surface area contributed by atoms with Gasteiger partial charge in [0, 0.05) is 11.5 Å². The Morgan fingerprint density at radius 3 is 2.07 bits per heavy atom. The molecule has 0 amide bonds. The Bertz CT molecular complexity index is 867. The van der Waals surface area contributed by atoms with E-state index in [1.165, 1.54) is 0 Å². The predicted molar refractivity (Wildman–Crippen MR) is 103 cm³/mol. The molecule has 2 heterocycles. The summed E-state index contributed by atoms with van der Waals surface area (Å²) in [6.07, 6.45) is 7.95. The van der Waals surface area contributed by atoms with E-state index in [0.717, 1.165) is 16.9 Å². The van der Waals surface area contributed by atoms with E-state index in [1.807, 2.05) is 103 Å². The smallest absolute Gasteiger partial charge is 0.510 e. The third-order valence-corrected chi connectivity index (χ3v) is 4.04. The fraction of sp³-hybridized carbons (Fsp3) is 0.143. The summed E-state index contributed by atoms with van der Waals surface area (Å²) < 4.78 is 6.05. The molecule has 0 aliphatic carbocycles. The normalized spacial score (nSPS) is 15.5. The van der Waals surface area contributed by atoms with E-state index in [4.69, 9.17) is 4.74 Å². The first-order valence-corrected chi connectivity index (χ1v) is 8.38. The Kier molecular flexibility index (Phi) is 5.81. The van der Waals surface area contributed by atoms with Crippen molar-refractivity contribution in [1.29, 1.82) is 0 Å². The molecule has 5 nitrogen and oxygen atoms in total. The molecule has 140 valence electrons. The molecule has 0 bridgehead atoms. The van der Waals surface area contributed by atoms with Crippen LogP contribution in [0.15, 0.2) is 55.1 Å². The van der Waals surface area contributed by atoms with Gasteiger partial charge >= 0.3 is 21.1 Å². The first-order chi connectivity index (χ1) is 12.6. The van der Waals surface area contributed by atoms with Gasteiger partial charge in [0.1, 0.15) is 0 Å². The second-order valence-corrected chi connectivity index (χ2v) is 6.38. The van der Waals surface area contributed by atoms with Crippen LogP contribution in [-0.4, -0.2) is 23.9 Å². The van der Waals surface area contributed by atoms with Crippen molar-refractivity contribution in [2.45, 2.75) is 6.92 Å². The van der Waals surface area contributed by atoms with Crippen LogP contribution in [-0.2, 0) is 21.1 Å². The molecule has 0 saturated carbocycles. The zero-order valence-corrected chi connectivity index (χ0v) is 17.6. The maximum atomic E-state index is 6.05. The topological polar surface area (TPSA) is 22.2 Å². The predicted octanol–water partition coefficient (Wildman–Crippen LogP) is 4.07. The van der Waals surface area contributed by atoms with Crippen LogP contribution in [0.25, 0.3) is 0 Å². The van der Waals surface area contributed by atoms with E-state index in [1.54, 1.807) is 0 Å². The number of anilines is 2. The third kappa shape index (κ3) is 4.48. The van der Waals surface area contributed by atoms with Crippen LogP contribution >= 0.6 is 0 Å². The summed E-state index contributed by atoms with van der Waals surface area (Å²) in [5, 5.41) is 0. The summed E-state index contributed by atoms with van der Waals surface area (Å²) in [5.74, 6) is 1.33. The van der Waals surface area contributed by atoms with E-state index in [2.05, 4.69) is 18.2 Å². The van der Waals surface area contributed by atoms with Gasteiger partial charge in [-0.05, 0) is 38.9 Å². The van der Waals surface area contributed by atoms with Crippen LogP contribution in [0.3, 0.4) is 0 Å². The van der Waals surface area contributed by atoms with Gasteiger partial charge in [-0.25, -0.2) is 0 Å². The van der Waals surface area contributed by atoms with Crippen molar-refractivity contribution in [1.82, 2.24) is 9.80 Å². The molecule has 27 heavy (non-hydrogen) atoms.